The number of carbonyl (C=O) groups is 1. The maximum Gasteiger partial charge on any atom is 0.226 e. The molecule has 1 aliphatic carbocycles. The van der Waals surface area contributed by atoms with Gasteiger partial charge in [0.05, 0.1) is 0 Å². The molecule has 3 nitrogen and oxygen atoms in total. The van der Waals surface area contributed by atoms with Crippen LogP contribution in [0.15, 0.2) is 0 Å². The monoisotopic (exact) mass is 292 g/mol. The highest BCUT2D eigenvalue weighted by Gasteiger charge is 2.40. The molecular weight excluding hydrogens is 268 g/mol. The fraction of sp³-hybridized carbons (Fsp3) is 0.923. The van der Waals surface area contributed by atoms with Gasteiger partial charge in [-0.1, -0.05) is 13.3 Å². The third-order valence-electron chi connectivity index (χ3n) is 4.30. The molecule has 2 fully saturated rings. The van der Waals surface area contributed by atoms with E-state index in [-0.39, 0.29) is 18.3 Å². The van der Waals surface area contributed by atoms with Crippen molar-refractivity contribution in [1.82, 2.24) is 4.90 Å². The van der Waals surface area contributed by atoms with Gasteiger partial charge in [-0.25, -0.2) is 0 Å². The van der Waals surface area contributed by atoms with Crippen molar-refractivity contribution in [3.63, 3.8) is 0 Å². The second-order valence-corrected chi connectivity index (χ2v) is 6.53. The lowest BCUT2D eigenvalue weighted by molar-refractivity contribution is -0.133. The molecule has 1 saturated carbocycles. The Hall–Kier alpha value is 0.0700. The average molecular weight is 293 g/mol. The van der Waals surface area contributed by atoms with Gasteiger partial charge in [0.15, 0.2) is 0 Å². The van der Waals surface area contributed by atoms with Crippen LogP contribution in [0.3, 0.4) is 0 Å². The Labute approximate surface area is 121 Å². The third kappa shape index (κ3) is 3.34. The summed E-state index contributed by atoms with van der Waals surface area (Å²) in [6.45, 7) is 3.90. The minimum Gasteiger partial charge on any atom is -0.342 e. The summed E-state index contributed by atoms with van der Waals surface area (Å²) in [5.41, 5.74) is 6.17. The van der Waals surface area contributed by atoms with Crippen molar-refractivity contribution in [2.75, 3.05) is 25.1 Å². The van der Waals surface area contributed by atoms with Gasteiger partial charge in [0, 0.05) is 30.8 Å². The highest BCUT2D eigenvalue weighted by Crippen LogP contribution is 2.36. The molecule has 5 heteroatoms. The van der Waals surface area contributed by atoms with Gasteiger partial charge in [0.1, 0.15) is 0 Å². The minimum absolute atomic E-state index is 0. The third-order valence-corrected chi connectivity index (χ3v) is 5.14. The zero-order valence-electron chi connectivity index (χ0n) is 11.3. The Balaban J connectivity index is 0.00000162. The van der Waals surface area contributed by atoms with Crippen LogP contribution in [0.25, 0.3) is 0 Å². The average Bonchev–Trinajstić information content (AvgIpc) is 2.73. The highest BCUT2D eigenvalue weighted by atomic mass is 35.5. The van der Waals surface area contributed by atoms with Crippen LogP contribution >= 0.6 is 24.2 Å². The molecule has 0 aromatic rings. The summed E-state index contributed by atoms with van der Waals surface area (Å²) in [6, 6.07) is 0.322. The highest BCUT2D eigenvalue weighted by molar-refractivity contribution is 7.98. The minimum atomic E-state index is 0. The van der Waals surface area contributed by atoms with Crippen LogP contribution in [0.2, 0.25) is 0 Å². The quantitative estimate of drug-likeness (QED) is 0.865. The van der Waals surface area contributed by atoms with Gasteiger partial charge in [0.2, 0.25) is 5.91 Å². The number of hydrogen-bond donors (Lipinski definition) is 1. The number of rotatable bonds is 3. The number of nitrogens with zero attached hydrogens (tertiary/aromatic N) is 1. The number of amides is 1. The van der Waals surface area contributed by atoms with Crippen molar-refractivity contribution in [1.29, 1.82) is 0 Å². The van der Waals surface area contributed by atoms with Gasteiger partial charge in [-0.15, -0.1) is 12.4 Å². The van der Waals surface area contributed by atoms with Crippen LogP contribution in [-0.2, 0) is 4.79 Å². The normalized spacial score (nSPS) is 32.6. The molecule has 106 valence electrons. The fourth-order valence-corrected chi connectivity index (χ4v) is 3.97. The summed E-state index contributed by atoms with van der Waals surface area (Å²) in [5, 5.41) is 0. The van der Waals surface area contributed by atoms with E-state index in [4.69, 9.17) is 5.73 Å². The van der Waals surface area contributed by atoms with Crippen molar-refractivity contribution in [2.45, 2.75) is 32.2 Å². The van der Waals surface area contributed by atoms with Crippen molar-refractivity contribution in [3.05, 3.63) is 0 Å². The Morgan fingerprint density at radius 2 is 2.17 bits per heavy atom. The predicted molar refractivity (Wildman–Crippen MR) is 80.2 cm³/mol. The first kappa shape index (κ1) is 16.1. The molecule has 2 aliphatic rings. The van der Waals surface area contributed by atoms with E-state index in [1.54, 1.807) is 11.8 Å². The van der Waals surface area contributed by atoms with Gasteiger partial charge >= 0.3 is 0 Å². The van der Waals surface area contributed by atoms with Crippen LogP contribution in [0.5, 0.6) is 0 Å². The van der Waals surface area contributed by atoms with E-state index in [0.29, 0.717) is 23.8 Å². The summed E-state index contributed by atoms with van der Waals surface area (Å²) in [5.74, 6) is 2.65. The molecule has 4 unspecified atom stereocenters. The molecule has 1 heterocycles. The number of halogens is 1. The SMILES string of the molecule is CSCC(C)C(=O)N1CC2CCCC(N)C2C1.Cl. The first-order valence-electron chi connectivity index (χ1n) is 6.66. The van der Waals surface area contributed by atoms with E-state index < -0.39 is 0 Å². The molecular formula is C13H25ClN2OS. The Morgan fingerprint density at radius 3 is 2.78 bits per heavy atom. The van der Waals surface area contributed by atoms with Gasteiger partial charge in [-0.2, -0.15) is 11.8 Å². The van der Waals surface area contributed by atoms with Crippen molar-refractivity contribution in [2.24, 2.45) is 23.5 Å². The number of nitrogens with two attached hydrogens (primary N) is 1. The first-order chi connectivity index (χ1) is 8.13. The van der Waals surface area contributed by atoms with E-state index in [9.17, 15) is 4.79 Å². The molecule has 1 aliphatic heterocycles. The van der Waals surface area contributed by atoms with Crippen molar-refractivity contribution >= 4 is 30.1 Å². The van der Waals surface area contributed by atoms with Crippen LogP contribution in [0.4, 0.5) is 0 Å². The smallest absolute Gasteiger partial charge is 0.226 e. The first-order valence-corrected chi connectivity index (χ1v) is 8.06. The molecule has 2 N–H and O–H groups in total. The van der Waals surface area contributed by atoms with Gasteiger partial charge in [0.25, 0.3) is 0 Å². The van der Waals surface area contributed by atoms with Crippen molar-refractivity contribution in [3.8, 4) is 0 Å². The lowest BCUT2D eigenvalue weighted by atomic mass is 9.78. The maximum absolute atomic E-state index is 12.3. The summed E-state index contributed by atoms with van der Waals surface area (Å²) >= 11 is 1.75. The van der Waals surface area contributed by atoms with Crippen LogP contribution < -0.4 is 5.73 Å². The summed E-state index contributed by atoms with van der Waals surface area (Å²) in [4.78, 5) is 14.3. The molecule has 4 atom stereocenters. The number of hydrogen-bond acceptors (Lipinski definition) is 3. The van der Waals surface area contributed by atoms with Crippen LogP contribution in [0.1, 0.15) is 26.2 Å². The molecule has 18 heavy (non-hydrogen) atoms. The molecule has 1 amide bonds. The number of likely N-dealkylation sites (tertiary alicyclic amines) is 1. The van der Waals surface area contributed by atoms with E-state index in [2.05, 4.69) is 11.2 Å². The summed E-state index contributed by atoms with van der Waals surface area (Å²) in [6.07, 6.45) is 5.71. The van der Waals surface area contributed by atoms with E-state index >= 15 is 0 Å². The topological polar surface area (TPSA) is 46.3 Å². The summed E-state index contributed by atoms with van der Waals surface area (Å²) < 4.78 is 0. The largest absolute Gasteiger partial charge is 0.342 e. The molecule has 2 rings (SSSR count). The Kier molecular flexibility index (Phi) is 6.28. The van der Waals surface area contributed by atoms with Gasteiger partial charge in [-0.3, -0.25) is 4.79 Å². The molecule has 1 saturated heterocycles. The molecule has 0 spiro atoms. The van der Waals surface area contributed by atoms with Crippen LogP contribution in [0, 0.1) is 17.8 Å². The lowest BCUT2D eigenvalue weighted by Gasteiger charge is -2.29. The van der Waals surface area contributed by atoms with Crippen LogP contribution in [-0.4, -0.2) is 41.9 Å². The predicted octanol–water partition coefficient (Wildman–Crippen LogP) is 1.99. The van der Waals surface area contributed by atoms with Gasteiger partial charge in [-0.05, 0) is 30.9 Å². The molecule has 0 radical (unpaired) electrons. The Bertz CT molecular complexity index is 290. The molecule has 0 aromatic carbocycles. The molecule has 0 bridgehead atoms. The van der Waals surface area contributed by atoms with E-state index in [1.807, 2.05) is 6.92 Å². The van der Waals surface area contributed by atoms with Gasteiger partial charge < -0.3 is 10.6 Å². The number of thioether (sulfide) groups is 1. The second kappa shape index (κ2) is 7.01. The zero-order chi connectivity index (χ0) is 12.4. The summed E-state index contributed by atoms with van der Waals surface area (Å²) in [7, 11) is 0. The van der Waals surface area contributed by atoms with Crippen molar-refractivity contribution < 1.29 is 4.79 Å². The standard InChI is InChI=1S/C13H24N2OS.ClH/c1-9(8-17-2)13(16)15-6-10-4-3-5-12(14)11(10)7-15;/h9-12H,3-8,14H2,1-2H3;1H. The number of fused-ring (bicyclic) bond motifs is 1. The Morgan fingerprint density at radius 1 is 1.44 bits per heavy atom. The zero-order valence-corrected chi connectivity index (χ0v) is 12.9. The second-order valence-electron chi connectivity index (χ2n) is 5.62. The molecule has 0 aromatic heterocycles. The number of carbonyl (C=O) groups excluding carboxylic acids is 1. The lowest BCUT2D eigenvalue weighted by Crippen LogP contribution is -2.39. The van der Waals surface area contributed by atoms with E-state index in [1.165, 1.54) is 12.8 Å². The fourth-order valence-electron chi connectivity index (χ4n) is 3.33. The van der Waals surface area contributed by atoms with E-state index in [0.717, 1.165) is 25.3 Å². The maximum atomic E-state index is 12.3.